The summed E-state index contributed by atoms with van der Waals surface area (Å²) < 4.78 is 0. The molecule has 0 spiro atoms. The Hall–Kier alpha value is 1.02. The fourth-order valence-electron chi connectivity index (χ4n) is 0. The van der Waals surface area contributed by atoms with Crippen LogP contribution in [0.1, 0.15) is 14.9 Å². The molecule has 0 heterocycles. The first kappa shape index (κ1) is 29.2. The molecule has 0 aliphatic rings. The van der Waals surface area contributed by atoms with E-state index in [0.717, 1.165) is 0 Å². The first-order chi connectivity index (χ1) is 4.00. The van der Waals surface area contributed by atoms with Gasteiger partial charge in [0.05, 0.1) is 0 Å². The van der Waals surface area contributed by atoms with Gasteiger partial charge >= 0.3 is 13.4 Å². The van der Waals surface area contributed by atoms with Crippen molar-refractivity contribution >= 4 is 37.1 Å². The Morgan fingerprint density at radius 2 is 0.615 bits per heavy atom. The van der Waals surface area contributed by atoms with Crippen LogP contribution in [0.5, 0.6) is 0 Å². The first-order valence-corrected chi connectivity index (χ1v) is 6.89. The van der Waals surface area contributed by atoms with Gasteiger partial charge in [-0.15, -0.1) is 0 Å². The highest BCUT2D eigenvalue weighted by Crippen LogP contribution is 2.26. The average molecular weight is 277 g/mol. The zero-order valence-corrected chi connectivity index (χ0v) is 8.52. The molecule has 0 saturated heterocycles. The van der Waals surface area contributed by atoms with Gasteiger partial charge in [0.2, 0.25) is 0 Å². The maximum atomic E-state index is 7.56. The Bertz CT molecular complexity index is 139. The second-order valence-electron chi connectivity index (χ2n) is 1.03. The molecule has 0 atom stereocenters. The lowest BCUT2D eigenvalue weighted by molar-refractivity contribution is 0.361. The number of hydrogen-bond donors (Lipinski definition) is 7. The molecule has 9 N–H and O–H groups in total. The molecule has 13 heavy (non-hydrogen) atoms. The highest BCUT2D eigenvalue weighted by Gasteiger charge is 1.92. The van der Waals surface area contributed by atoms with Crippen LogP contribution in [0.3, 0.4) is 0 Å². The fraction of sp³-hybridized carbons (Fsp3) is 1.00. The zero-order chi connectivity index (χ0) is 9.00. The smallest absolute Gasteiger partial charge is 0.319 e. The highest BCUT2D eigenvalue weighted by atomic mass is 32.5. The summed E-state index contributed by atoms with van der Waals surface area (Å²) in [7, 11) is 0. The quantitative estimate of drug-likeness (QED) is 0.298. The summed E-state index contributed by atoms with van der Waals surface area (Å²) in [6, 6.07) is 0. The minimum absolute atomic E-state index is 0. The van der Waals surface area contributed by atoms with E-state index in [1.54, 1.807) is 0 Å². The standard InChI is InChI=1S/2CH4.H3N.2H3O3PS/c;;;2*1-4(2,3)5/h2*1H4;1H3;2*(H3,1,2,3,5). The number of rotatable bonds is 0. The molecule has 0 aromatic heterocycles. The lowest BCUT2D eigenvalue weighted by atomic mass is 12.0. The summed E-state index contributed by atoms with van der Waals surface area (Å²) in [5.74, 6) is 0. The van der Waals surface area contributed by atoms with Gasteiger partial charge in [0.15, 0.2) is 0 Å². The molecule has 11 heteroatoms. The predicted molar refractivity (Wildman–Crippen MR) is 60.4 cm³/mol. The normalized spacial score (nSPS) is 9.08. The predicted octanol–water partition coefficient (Wildman–Crippen LogP) is -0.190. The molecule has 0 bridgehead atoms. The van der Waals surface area contributed by atoms with E-state index in [9.17, 15) is 0 Å². The van der Waals surface area contributed by atoms with Gasteiger partial charge in [0.25, 0.3) is 0 Å². The third kappa shape index (κ3) is 1520. The summed E-state index contributed by atoms with van der Waals surface area (Å²) in [6.45, 7) is -7.61. The fourth-order valence-corrected chi connectivity index (χ4v) is 0. The van der Waals surface area contributed by atoms with E-state index < -0.39 is 13.4 Å². The van der Waals surface area contributed by atoms with Gasteiger partial charge in [-0.25, -0.2) is 0 Å². The van der Waals surface area contributed by atoms with Crippen LogP contribution in [0, 0.1) is 0 Å². The molecule has 0 radical (unpaired) electrons. The van der Waals surface area contributed by atoms with Crippen LogP contribution < -0.4 is 6.15 Å². The van der Waals surface area contributed by atoms with Gasteiger partial charge in [-0.2, -0.15) is 0 Å². The van der Waals surface area contributed by atoms with Crippen LogP contribution in [0.2, 0.25) is 0 Å². The van der Waals surface area contributed by atoms with Crippen LogP contribution in [0.25, 0.3) is 0 Å². The second-order valence-corrected chi connectivity index (χ2v) is 6.02. The topological polar surface area (TPSA) is 156 Å². The molecule has 0 aromatic rings. The molecule has 0 unspecified atom stereocenters. The Labute approximate surface area is 87.8 Å². The van der Waals surface area contributed by atoms with E-state index in [0.29, 0.717) is 0 Å². The van der Waals surface area contributed by atoms with E-state index in [-0.39, 0.29) is 21.0 Å². The van der Waals surface area contributed by atoms with Crippen molar-refractivity contribution in [1.82, 2.24) is 6.15 Å². The van der Waals surface area contributed by atoms with E-state index >= 15 is 0 Å². The lowest BCUT2D eigenvalue weighted by Gasteiger charge is -1.88. The van der Waals surface area contributed by atoms with Crippen molar-refractivity contribution < 1.29 is 29.4 Å². The lowest BCUT2D eigenvalue weighted by Crippen LogP contribution is -1.65. The van der Waals surface area contributed by atoms with Crippen molar-refractivity contribution in [2.45, 2.75) is 14.9 Å². The van der Waals surface area contributed by atoms with Gasteiger partial charge < -0.3 is 35.5 Å². The summed E-state index contributed by atoms with van der Waals surface area (Å²) in [5.41, 5.74) is 0. The average Bonchev–Trinajstić information content (AvgIpc) is 1.12. The first-order valence-electron chi connectivity index (χ1n) is 1.57. The minimum Gasteiger partial charge on any atom is -0.344 e. The Morgan fingerprint density at radius 3 is 0.615 bits per heavy atom. The number of hydrogen-bond acceptors (Lipinski definition) is 3. The zero-order valence-electron chi connectivity index (χ0n) is 5.10. The van der Waals surface area contributed by atoms with E-state index in [2.05, 4.69) is 23.6 Å². The maximum Gasteiger partial charge on any atom is 0.319 e. The largest absolute Gasteiger partial charge is 0.344 e. The third-order valence-corrected chi connectivity index (χ3v) is 0. The van der Waals surface area contributed by atoms with Crippen molar-refractivity contribution in [1.29, 1.82) is 0 Å². The van der Waals surface area contributed by atoms with Crippen molar-refractivity contribution in [2.24, 2.45) is 0 Å². The van der Waals surface area contributed by atoms with E-state index in [1.807, 2.05) is 0 Å². The molecule has 88 valence electrons. The van der Waals surface area contributed by atoms with E-state index in [4.69, 9.17) is 29.4 Å². The Morgan fingerprint density at radius 1 is 0.615 bits per heavy atom. The molecule has 0 aliphatic carbocycles. The second kappa shape index (κ2) is 11.1. The van der Waals surface area contributed by atoms with Crippen molar-refractivity contribution in [2.75, 3.05) is 0 Å². The van der Waals surface area contributed by atoms with Gasteiger partial charge in [-0.1, -0.05) is 14.9 Å². The summed E-state index contributed by atoms with van der Waals surface area (Å²) in [6.07, 6.45) is 0. The molecular weight excluding hydrogens is 260 g/mol. The van der Waals surface area contributed by atoms with Gasteiger partial charge in [-0.05, 0) is 23.6 Å². The van der Waals surface area contributed by atoms with Gasteiger partial charge in [0, 0.05) is 0 Å². The van der Waals surface area contributed by atoms with Crippen LogP contribution in [0.15, 0.2) is 0 Å². The minimum atomic E-state index is -3.81. The highest BCUT2D eigenvalue weighted by molar-refractivity contribution is 8.06. The molecule has 0 rings (SSSR count). The molecular formula is C2H17NO6P2S2. The summed E-state index contributed by atoms with van der Waals surface area (Å²) in [4.78, 5) is 45.3. The van der Waals surface area contributed by atoms with Crippen LogP contribution in [-0.4, -0.2) is 29.4 Å². The summed E-state index contributed by atoms with van der Waals surface area (Å²) in [5, 5.41) is 0. The third-order valence-electron chi connectivity index (χ3n) is 0. The van der Waals surface area contributed by atoms with Gasteiger partial charge in [0.1, 0.15) is 0 Å². The molecule has 0 aliphatic heterocycles. The van der Waals surface area contributed by atoms with Crippen LogP contribution in [0.4, 0.5) is 0 Å². The van der Waals surface area contributed by atoms with Crippen molar-refractivity contribution in [3.63, 3.8) is 0 Å². The Balaban J connectivity index is -0.0000000267. The SMILES string of the molecule is C.C.N.OP(O)(O)=S.OP(O)(O)=S. The van der Waals surface area contributed by atoms with Crippen molar-refractivity contribution in [3.8, 4) is 0 Å². The molecule has 0 saturated carbocycles. The van der Waals surface area contributed by atoms with Crippen LogP contribution in [-0.2, 0) is 23.6 Å². The summed E-state index contributed by atoms with van der Waals surface area (Å²) >= 11 is 7.21. The van der Waals surface area contributed by atoms with Crippen LogP contribution >= 0.6 is 13.4 Å². The maximum absolute atomic E-state index is 7.56. The molecule has 0 fully saturated rings. The van der Waals surface area contributed by atoms with Gasteiger partial charge in [-0.3, -0.25) is 0 Å². The molecule has 0 amide bonds. The Kier molecular flexibility index (Phi) is 24.9. The molecule has 0 aromatic carbocycles. The van der Waals surface area contributed by atoms with Crippen molar-refractivity contribution in [3.05, 3.63) is 0 Å². The molecule has 7 nitrogen and oxygen atoms in total. The van der Waals surface area contributed by atoms with E-state index in [1.165, 1.54) is 0 Å². The monoisotopic (exact) mass is 277 g/mol.